The molecule has 0 spiro atoms. The number of thiazole rings is 1. The predicted octanol–water partition coefficient (Wildman–Crippen LogP) is 0.972. The van der Waals surface area contributed by atoms with Gasteiger partial charge in [-0.25, -0.2) is 4.98 Å². The molecule has 3 nitrogen and oxygen atoms in total. The molecule has 13 heavy (non-hydrogen) atoms. The molecular formula is C9H15N3S. The van der Waals surface area contributed by atoms with Gasteiger partial charge in [0.25, 0.3) is 0 Å². The van der Waals surface area contributed by atoms with Crippen molar-refractivity contribution in [1.29, 1.82) is 0 Å². The van der Waals surface area contributed by atoms with Crippen LogP contribution in [0.15, 0.2) is 10.9 Å². The van der Waals surface area contributed by atoms with Gasteiger partial charge in [0, 0.05) is 18.5 Å². The van der Waals surface area contributed by atoms with Crippen molar-refractivity contribution in [2.24, 2.45) is 11.1 Å². The molecule has 0 saturated heterocycles. The van der Waals surface area contributed by atoms with E-state index < -0.39 is 0 Å². The summed E-state index contributed by atoms with van der Waals surface area (Å²) < 4.78 is 0. The molecule has 72 valence electrons. The fraction of sp³-hybridized carbons (Fsp3) is 0.667. The molecule has 0 aliphatic heterocycles. The van der Waals surface area contributed by atoms with Gasteiger partial charge in [0.05, 0.1) is 11.2 Å². The Morgan fingerprint density at radius 1 is 1.62 bits per heavy atom. The highest BCUT2D eigenvalue weighted by Gasteiger charge is 2.40. The highest BCUT2D eigenvalue weighted by atomic mass is 32.1. The van der Waals surface area contributed by atoms with Gasteiger partial charge in [-0.15, -0.1) is 11.3 Å². The molecular weight excluding hydrogens is 182 g/mol. The van der Waals surface area contributed by atoms with Gasteiger partial charge in [0.15, 0.2) is 0 Å². The quantitative estimate of drug-likeness (QED) is 0.739. The van der Waals surface area contributed by atoms with E-state index in [0.29, 0.717) is 5.41 Å². The summed E-state index contributed by atoms with van der Waals surface area (Å²) in [5.74, 6) is 0. The zero-order valence-electron chi connectivity index (χ0n) is 7.62. The third-order valence-corrected chi connectivity index (χ3v) is 3.31. The molecule has 0 bridgehead atoms. The number of nitrogens with one attached hydrogen (secondary N) is 1. The molecule has 1 heterocycles. The number of nitrogens with zero attached hydrogens (tertiary/aromatic N) is 1. The lowest BCUT2D eigenvalue weighted by Gasteiger charge is -2.12. The number of hydrogen-bond acceptors (Lipinski definition) is 4. The van der Waals surface area contributed by atoms with E-state index in [0.717, 1.165) is 25.3 Å². The summed E-state index contributed by atoms with van der Waals surface area (Å²) >= 11 is 1.64. The Bertz CT molecular complexity index is 254. The standard InChI is InChI=1S/C9H15N3S/c10-5-9(1-2-9)6-11-3-8-4-13-7-12-8/h4,7,11H,1-3,5-6,10H2. The lowest BCUT2D eigenvalue weighted by molar-refractivity contribution is 0.466. The lowest BCUT2D eigenvalue weighted by Crippen LogP contribution is -2.29. The van der Waals surface area contributed by atoms with Gasteiger partial charge in [0.2, 0.25) is 0 Å². The maximum Gasteiger partial charge on any atom is 0.0795 e. The zero-order valence-corrected chi connectivity index (χ0v) is 8.44. The molecule has 0 aromatic carbocycles. The third-order valence-electron chi connectivity index (χ3n) is 2.68. The molecule has 3 N–H and O–H groups in total. The Balaban J connectivity index is 1.70. The monoisotopic (exact) mass is 197 g/mol. The van der Waals surface area contributed by atoms with Gasteiger partial charge in [-0.2, -0.15) is 0 Å². The Labute approximate surface area is 82.4 Å². The van der Waals surface area contributed by atoms with Gasteiger partial charge < -0.3 is 11.1 Å². The van der Waals surface area contributed by atoms with Gasteiger partial charge >= 0.3 is 0 Å². The Morgan fingerprint density at radius 2 is 2.46 bits per heavy atom. The summed E-state index contributed by atoms with van der Waals surface area (Å²) in [6, 6.07) is 0. The minimum absolute atomic E-state index is 0.427. The Morgan fingerprint density at radius 3 is 3.00 bits per heavy atom. The zero-order chi connectivity index (χ0) is 9.15. The van der Waals surface area contributed by atoms with Crippen LogP contribution in [0.1, 0.15) is 18.5 Å². The van der Waals surface area contributed by atoms with E-state index in [1.54, 1.807) is 11.3 Å². The summed E-state index contributed by atoms with van der Waals surface area (Å²) in [5.41, 5.74) is 9.11. The SMILES string of the molecule is NCC1(CNCc2cscn2)CC1. The highest BCUT2D eigenvalue weighted by Crippen LogP contribution is 2.43. The highest BCUT2D eigenvalue weighted by molar-refractivity contribution is 7.07. The van der Waals surface area contributed by atoms with E-state index in [4.69, 9.17) is 5.73 Å². The second kappa shape index (κ2) is 3.74. The first-order chi connectivity index (χ1) is 6.35. The molecule has 4 heteroatoms. The van der Waals surface area contributed by atoms with Crippen molar-refractivity contribution in [3.63, 3.8) is 0 Å². The van der Waals surface area contributed by atoms with Crippen molar-refractivity contribution in [3.05, 3.63) is 16.6 Å². The minimum atomic E-state index is 0.427. The smallest absolute Gasteiger partial charge is 0.0795 e. The Hall–Kier alpha value is -0.450. The van der Waals surface area contributed by atoms with E-state index in [-0.39, 0.29) is 0 Å². The molecule has 1 aliphatic rings. The predicted molar refractivity (Wildman–Crippen MR) is 54.5 cm³/mol. The normalized spacial score (nSPS) is 18.8. The number of rotatable bonds is 5. The number of nitrogens with two attached hydrogens (primary N) is 1. The average Bonchev–Trinajstić information content (AvgIpc) is 2.74. The second-order valence-electron chi connectivity index (χ2n) is 3.79. The second-order valence-corrected chi connectivity index (χ2v) is 4.51. The van der Waals surface area contributed by atoms with Crippen molar-refractivity contribution in [3.8, 4) is 0 Å². The van der Waals surface area contributed by atoms with Crippen LogP contribution in [0.2, 0.25) is 0 Å². The van der Waals surface area contributed by atoms with Crippen molar-refractivity contribution in [2.45, 2.75) is 19.4 Å². The van der Waals surface area contributed by atoms with Crippen molar-refractivity contribution in [2.75, 3.05) is 13.1 Å². The van der Waals surface area contributed by atoms with Crippen molar-refractivity contribution >= 4 is 11.3 Å². The molecule has 0 amide bonds. The van der Waals surface area contributed by atoms with Crippen LogP contribution in [0, 0.1) is 5.41 Å². The first-order valence-corrected chi connectivity index (χ1v) is 5.57. The van der Waals surface area contributed by atoms with Crippen LogP contribution in [0.25, 0.3) is 0 Å². The van der Waals surface area contributed by atoms with Crippen LogP contribution in [0.4, 0.5) is 0 Å². The summed E-state index contributed by atoms with van der Waals surface area (Å²) in [7, 11) is 0. The molecule has 2 rings (SSSR count). The molecule has 1 saturated carbocycles. The van der Waals surface area contributed by atoms with Gasteiger partial charge in [-0.3, -0.25) is 0 Å². The first-order valence-electron chi connectivity index (χ1n) is 4.63. The molecule has 1 aromatic rings. The van der Waals surface area contributed by atoms with Gasteiger partial charge in [-0.1, -0.05) is 0 Å². The van der Waals surface area contributed by atoms with Crippen molar-refractivity contribution in [1.82, 2.24) is 10.3 Å². The number of hydrogen-bond donors (Lipinski definition) is 2. The van der Waals surface area contributed by atoms with Crippen LogP contribution in [0.5, 0.6) is 0 Å². The van der Waals surface area contributed by atoms with E-state index in [1.807, 2.05) is 5.51 Å². The van der Waals surface area contributed by atoms with E-state index >= 15 is 0 Å². The maximum atomic E-state index is 5.67. The lowest BCUT2D eigenvalue weighted by atomic mass is 10.1. The van der Waals surface area contributed by atoms with Crippen LogP contribution in [-0.4, -0.2) is 18.1 Å². The average molecular weight is 197 g/mol. The minimum Gasteiger partial charge on any atom is -0.330 e. The summed E-state index contributed by atoms with van der Waals surface area (Å²) in [6.45, 7) is 2.74. The molecule has 0 atom stereocenters. The van der Waals surface area contributed by atoms with Crippen molar-refractivity contribution < 1.29 is 0 Å². The third kappa shape index (κ3) is 2.27. The van der Waals surface area contributed by atoms with Gasteiger partial charge in [0.1, 0.15) is 0 Å². The van der Waals surface area contributed by atoms with Gasteiger partial charge in [-0.05, 0) is 24.8 Å². The van der Waals surface area contributed by atoms with E-state index in [1.165, 1.54) is 12.8 Å². The van der Waals surface area contributed by atoms with Crippen LogP contribution < -0.4 is 11.1 Å². The van der Waals surface area contributed by atoms with E-state index in [9.17, 15) is 0 Å². The molecule has 1 aliphatic carbocycles. The topological polar surface area (TPSA) is 50.9 Å². The fourth-order valence-corrected chi connectivity index (χ4v) is 1.97. The summed E-state index contributed by atoms with van der Waals surface area (Å²) in [6.07, 6.45) is 2.57. The molecule has 0 unspecified atom stereocenters. The van der Waals surface area contributed by atoms with Crippen LogP contribution >= 0.6 is 11.3 Å². The Kier molecular flexibility index (Phi) is 2.62. The first kappa shape index (κ1) is 9.12. The maximum absolute atomic E-state index is 5.67. The van der Waals surface area contributed by atoms with Crippen LogP contribution in [-0.2, 0) is 6.54 Å². The van der Waals surface area contributed by atoms with E-state index in [2.05, 4.69) is 15.7 Å². The molecule has 0 radical (unpaired) electrons. The largest absolute Gasteiger partial charge is 0.330 e. The van der Waals surface area contributed by atoms with Crippen LogP contribution in [0.3, 0.4) is 0 Å². The number of aromatic nitrogens is 1. The fourth-order valence-electron chi connectivity index (χ4n) is 1.41. The molecule has 1 fully saturated rings. The summed E-state index contributed by atoms with van der Waals surface area (Å²) in [5, 5.41) is 5.48. The molecule has 1 aromatic heterocycles. The summed E-state index contributed by atoms with van der Waals surface area (Å²) in [4.78, 5) is 4.21.